The summed E-state index contributed by atoms with van der Waals surface area (Å²) in [6.07, 6.45) is 3.05. The molecule has 0 atom stereocenters. The zero-order valence-corrected chi connectivity index (χ0v) is 21.1. The van der Waals surface area contributed by atoms with E-state index in [-0.39, 0.29) is 11.8 Å². The van der Waals surface area contributed by atoms with E-state index >= 15 is 0 Å². The van der Waals surface area contributed by atoms with Crippen molar-refractivity contribution in [3.8, 4) is 0 Å². The Labute approximate surface area is 214 Å². The number of pyridine rings is 1. The first-order valence-corrected chi connectivity index (χ1v) is 12.1. The van der Waals surface area contributed by atoms with Crippen molar-refractivity contribution in [1.29, 1.82) is 0 Å². The number of aryl methyl sites for hydroxylation is 4. The molecule has 4 aromatic rings. The Kier molecular flexibility index (Phi) is 7.61. The molecule has 3 amide bonds. The summed E-state index contributed by atoms with van der Waals surface area (Å²) in [5, 5.41) is 10.1. The maximum atomic E-state index is 12.9. The van der Waals surface area contributed by atoms with Gasteiger partial charge in [-0.15, -0.1) is 0 Å². The van der Waals surface area contributed by atoms with Crippen LogP contribution in [0.25, 0.3) is 11.0 Å². The fourth-order valence-electron chi connectivity index (χ4n) is 4.15. The molecule has 0 saturated carbocycles. The molecule has 0 unspecified atom stereocenters. The molecule has 0 fully saturated rings. The lowest BCUT2D eigenvalue weighted by Crippen LogP contribution is -2.27. The van der Waals surface area contributed by atoms with Crippen molar-refractivity contribution < 1.29 is 14.4 Å². The molecule has 0 spiro atoms. The third-order valence-electron chi connectivity index (χ3n) is 6.04. The van der Waals surface area contributed by atoms with Crippen LogP contribution in [-0.4, -0.2) is 48.6 Å². The van der Waals surface area contributed by atoms with E-state index in [0.717, 1.165) is 11.2 Å². The van der Waals surface area contributed by atoms with Gasteiger partial charge in [0, 0.05) is 37.1 Å². The Bertz CT molecular complexity index is 1470. The minimum atomic E-state index is -0.552. The Morgan fingerprint density at radius 1 is 1.05 bits per heavy atom. The van der Waals surface area contributed by atoms with Gasteiger partial charge < -0.3 is 15.6 Å². The highest BCUT2D eigenvalue weighted by molar-refractivity contribution is 6.05. The van der Waals surface area contributed by atoms with Gasteiger partial charge in [0.1, 0.15) is 5.69 Å². The van der Waals surface area contributed by atoms with Gasteiger partial charge in [-0.25, -0.2) is 4.98 Å². The number of hydrogen-bond acceptors (Lipinski definition) is 6. The van der Waals surface area contributed by atoms with E-state index in [0.29, 0.717) is 66.5 Å². The maximum Gasteiger partial charge on any atom is 0.269 e. The number of benzene rings is 1. The molecule has 3 aromatic heterocycles. The second-order valence-corrected chi connectivity index (χ2v) is 8.70. The smallest absolute Gasteiger partial charge is 0.269 e. The monoisotopic (exact) mass is 502 g/mol. The largest absolute Gasteiger partial charge is 0.366 e. The van der Waals surface area contributed by atoms with Gasteiger partial charge in [0.2, 0.25) is 11.9 Å². The summed E-state index contributed by atoms with van der Waals surface area (Å²) >= 11 is 0. The van der Waals surface area contributed by atoms with E-state index in [1.54, 1.807) is 54.2 Å². The van der Waals surface area contributed by atoms with E-state index in [2.05, 4.69) is 25.7 Å². The molecule has 11 heteroatoms. The Morgan fingerprint density at radius 3 is 2.59 bits per heavy atom. The van der Waals surface area contributed by atoms with Crippen LogP contribution >= 0.6 is 0 Å². The van der Waals surface area contributed by atoms with Gasteiger partial charge in [0.25, 0.3) is 11.8 Å². The molecule has 0 aliphatic carbocycles. The van der Waals surface area contributed by atoms with Crippen molar-refractivity contribution in [1.82, 2.24) is 29.6 Å². The van der Waals surface area contributed by atoms with E-state index in [1.807, 2.05) is 18.4 Å². The second-order valence-electron chi connectivity index (χ2n) is 8.70. The third kappa shape index (κ3) is 5.66. The average Bonchev–Trinajstić information content (AvgIpc) is 3.42. The first-order valence-electron chi connectivity index (χ1n) is 12.1. The molecule has 1 aromatic carbocycles. The Hall–Kier alpha value is -4.54. The first-order chi connectivity index (χ1) is 17.8. The fraction of sp³-hybridized carbons (Fsp3) is 0.308. The van der Waals surface area contributed by atoms with Crippen molar-refractivity contribution in [2.24, 2.45) is 5.73 Å². The third-order valence-corrected chi connectivity index (χ3v) is 6.04. The van der Waals surface area contributed by atoms with Crippen LogP contribution in [0.5, 0.6) is 0 Å². The van der Waals surface area contributed by atoms with Crippen LogP contribution in [0.4, 0.5) is 5.95 Å². The number of amides is 3. The molecule has 11 nitrogen and oxygen atoms in total. The van der Waals surface area contributed by atoms with Crippen LogP contribution < -0.4 is 16.4 Å². The number of carbonyl (C=O) groups excluding carboxylic acids is 3. The molecular formula is C26H30N8O3. The summed E-state index contributed by atoms with van der Waals surface area (Å²) in [7, 11) is 0. The first kappa shape index (κ1) is 25.5. The fourth-order valence-corrected chi connectivity index (χ4v) is 4.15. The van der Waals surface area contributed by atoms with Crippen LogP contribution in [0.3, 0.4) is 0 Å². The lowest BCUT2D eigenvalue weighted by atomic mass is 10.2. The zero-order valence-electron chi connectivity index (χ0n) is 21.1. The lowest BCUT2D eigenvalue weighted by Gasteiger charge is -2.11. The summed E-state index contributed by atoms with van der Waals surface area (Å²) in [6, 6.07) is 10.2. The number of carbonyl (C=O) groups is 3. The minimum Gasteiger partial charge on any atom is -0.366 e. The van der Waals surface area contributed by atoms with Crippen LogP contribution in [0.2, 0.25) is 0 Å². The van der Waals surface area contributed by atoms with E-state index in [1.165, 1.54) is 0 Å². The number of aromatic nitrogens is 5. The van der Waals surface area contributed by atoms with Crippen LogP contribution in [0.15, 0.2) is 42.6 Å². The molecule has 4 rings (SSSR count). The van der Waals surface area contributed by atoms with Gasteiger partial charge in [-0.05, 0) is 70.0 Å². The van der Waals surface area contributed by atoms with Gasteiger partial charge in [0.05, 0.1) is 22.3 Å². The summed E-state index contributed by atoms with van der Waals surface area (Å²) < 4.78 is 3.57. The van der Waals surface area contributed by atoms with Crippen molar-refractivity contribution in [3.05, 3.63) is 70.8 Å². The molecule has 4 N–H and O–H groups in total. The molecule has 0 aliphatic rings. The Balaban J connectivity index is 1.47. The van der Waals surface area contributed by atoms with Crippen molar-refractivity contribution in [3.63, 3.8) is 0 Å². The molecule has 3 heterocycles. The predicted molar refractivity (Wildman–Crippen MR) is 139 cm³/mol. The highest BCUT2D eigenvalue weighted by atomic mass is 16.2. The molecule has 37 heavy (non-hydrogen) atoms. The summed E-state index contributed by atoms with van der Waals surface area (Å²) in [5.74, 6) is -0.679. The molecule has 0 aliphatic heterocycles. The van der Waals surface area contributed by atoms with Gasteiger partial charge >= 0.3 is 0 Å². The van der Waals surface area contributed by atoms with Gasteiger partial charge in [-0.3, -0.25) is 29.4 Å². The number of nitrogens with one attached hydrogen (secondary N) is 2. The second kappa shape index (κ2) is 11.0. The molecule has 0 bridgehead atoms. The molecule has 0 saturated heterocycles. The summed E-state index contributed by atoms with van der Waals surface area (Å²) in [5.41, 5.74) is 9.47. The van der Waals surface area contributed by atoms with Gasteiger partial charge in [-0.1, -0.05) is 0 Å². The highest BCUT2D eigenvalue weighted by Gasteiger charge is 2.17. The topological polar surface area (TPSA) is 150 Å². The minimum absolute atomic E-state index is 0.158. The van der Waals surface area contributed by atoms with Crippen LogP contribution in [-0.2, 0) is 13.1 Å². The van der Waals surface area contributed by atoms with E-state index < -0.39 is 5.91 Å². The van der Waals surface area contributed by atoms with Crippen LogP contribution in [0, 0.1) is 13.8 Å². The van der Waals surface area contributed by atoms with Gasteiger partial charge in [-0.2, -0.15) is 5.10 Å². The predicted octanol–water partition coefficient (Wildman–Crippen LogP) is 2.83. The molecule has 192 valence electrons. The number of nitrogens with zero attached hydrogens (tertiary/aromatic N) is 5. The number of fused-ring (bicyclic) bond motifs is 1. The number of hydrogen-bond donors (Lipinski definition) is 3. The molecule has 0 radical (unpaired) electrons. The number of primary amides is 1. The number of nitrogens with two attached hydrogens (primary N) is 1. The molecular weight excluding hydrogens is 472 g/mol. The quantitative estimate of drug-likeness (QED) is 0.284. The SMILES string of the molecule is CCn1nc(C)cc1C(=O)NCCCCn1c(NC(=O)c2cccnc2C)nc2cc(C(N)=O)ccc21. The van der Waals surface area contributed by atoms with Crippen LogP contribution in [0.1, 0.15) is 62.4 Å². The average molecular weight is 503 g/mol. The summed E-state index contributed by atoms with van der Waals surface area (Å²) in [4.78, 5) is 45.9. The van der Waals surface area contributed by atoms with E-state index in [9.17, 15) is 14.4 Å². The van der Waals surface area contributed by atoms with Crippen molar-refractivity contribution in [2.75, 3.05) is 11.9 Å². The highest BCUT2D eigenvalue weighted by Crippen LogP contribution is 2.23. The zero-order chi connectivity index (χ0) is 26.5. The maximum absolute atomic E-state index is 12.9. The summed E-state index contributed by atoms with van der Waals surface area (Å²) in [6.45, 7) is 7.21. The normalized spacial score (nSPS) is 11.0. The Morgan fingerprint density at radius 2 is 1.86 bits per heavy atom. The van der Waals surface area contributed by atoms with Gasteiger partial charge in [0.15, 0.2) is 0 Å². The standard InChI is InChI=1S/C26H30N8O3/c1-4-34-22(14-16(2)32-34)25(37)29-11-5-6-13-33-21-10-9-18(23(27)35)15-20(21)30-26(33)31-24(36)19-8-7-12-28-17(19)3/h7-10,12,14-15H,4-6,11,13H2,1-3H3,(H2,27,35)(H,29,37)(H,30,31,36). The van der Waals surface area contributed by atoms with E-state index in [4.69, 9.17) is 5.73 Å². The number of unbranched alkanes of at least 4 members (excludes halogenated alkanes) is 1. The number of rotatable bonds is 10. The number of imidazole rings is 1. The lowest BCUT2D eigenvalue weighted by molar-refractivity contribution is 0.0940. The van der Waals surface area contributed by atoms with Crippen molar-refractivity contribution >= 4 is 34.7 Å². The number of anilines is 1. The van der Waals surface area contributed by atoms with Crippen molar-refractivity contribution in [2.45, 2.75) is 46.7 Å².